The van der Waals surface area contributed by atoms with Crippen LogP contribution in [0.3, 0.4) is 0 Å². The first-order valence-corrected chi connectivity index (χ1v) is 6.64. The Morgan fingerprint density at radius 2 is 1.40 bits per heavy atom. The van der Waals surface area contributed by atoms with Crippen LogP contribution in [0.2, 0.25) is 0 Å². The first-order chi connectivity index (χ1) is 8.79. The molecule has 0 aromatic rings. The molecule has 20 heavy (non-hydrogen) atoms. The highest BCUT2D eigenvalue weighted by molar-refractivity contribution is 5.85. The summed E-state index contributed by atoms with van der Waals surface area (Å²) in [6, 6.07) is 0. The highest BCUT2D eigenvalue weighted by Crippen LogP contribution is 2.18. The van der Waals surface area contributed by atoms with E-state index in [2.05, 4.69) is 5.32 Å². The van der Waals surface area contributed by atoms with E-state index >= 15 is 0 Å². The second-order valence-electron chi connectivity index (χ2n) is 6.93. The van der Waals surface area contributed by atoms with Crippen molar-refractivity contribution < 1.29 is 24.2 Å². The van der Waals surface area contributed by atoms with Crippen LogP contribution in [-0.2, 0) is 14.3 Å². The van der Waals surface area contributed by atoms with Crippen molar-refractivity contribution in [3.8, 4) is 0 Å². The van der Waals surface area contributed by atoms with Crippen LogP contribution < -0.4 is 5.32 Å². The number of alkyl carbamates (subject to hydrolysis) is 1. The number of amides is 1. The minimum absolute atomic E-state index is 0.0428. The molecule has 0 saturated carbocycles. The van der Waals surface area contributed by atoms with Crippen molar-refractivity contribution in [2.75, 3.05) is 6.61 Å². The number of hydrogen-bond acceptors (Lipinski definition) is 5. The number of aliphatic hydroxyl groups excluding tert-OH is 1. The van der Waals surface area contributed by atoms with Gasteiger partial charge in [-0.2, -0.15) is 0 Å². The summed E-state index contributed by atoms with van der Waals surface area (Å²) in [7, 11) is 0. The summed E-state index contributed by atoms with van der Waals surface area (Å²) in [5, 5.41) is 11.6. The van der Waals surface area contributed by atoms with Gasteiger partial charge in [-0.15, -0.1) is 0 Å². The van der Waals surface area contributed by atoms with E-state index in [-0.39, 0.29) is 13.0 Å². The molecule has 0 heterocycles. The van der Waals surface area contributed by atoms with Crippen molar-refractivity contribution in [2.24, 2.45) is 0 Å². The molecule has 1 atom stereocenters. The molecule has 118 valence electrons. The van der Waals surface area contributed by atoms with Gasteiger partial charge in [0.15, 0.2) is 0 Å². The largest absolute Gasteiger partial charge is 0.458 e. The van der Waals surface area contributed by atoms with E-state index in [9.17, 15) is 9.59 Å². The summed E-state index contributed by atoms with van der Waals surface area (Å²) in [5.74, 6) is -0.607. The second kappa shape index (κ2) is 6.43. The Bertz CT molecular complexity index is 354. The zero-order valence-corrected chi connectivity index (χ0v) is 13.5. The molecule has 0 aliphatic heterocycles. The topological polar surface area (TPSA) is 84.9 Å². The zero-order chi connectivity index (χ0) is 16.2. The number of aliphatic hydroxyl groups is 1. The van der Waals surface area contributed by atoms with Crippen molar-refractivity contribution in [1.82, 2.24) is 5.32 Å². The minimum atomic E-state index is -1.33. The number of carbonyl (C=O) groups is 2. The Morgan fingerprint density at radius 1 is 0.950 bits per heavy atom. The number of esters is 1. The lowest BCUT2D eigenvalue weighted by atomic mass is 9.98. The van der Waals surface area contributed by atoms with Crippen LogP contribution in [0.25, 0.3) is 0 Å². The first-order valence-electron chi connectivity index (χ1n) is 6.64. The normalized spacial score (nSPS) is 15.2. The quantitative estimate of drug-likeness (QED) is 0.773. The molecule has 0 aromatic carbocycles. The van der Waals surface area contributed by atoms with Gasteiger partial charge in [-0.05, 0) is 48.5 Å². The lowest BCUT2D eigenvalue weighted by Crippen LogP contribution is -2.55. The van der Waals surface area contributed by atoms with E-state index < -0.39 is 28.8 Å². The van der Waals surface area contributed by atoms with Crippen LogP contribution in [0, 0.1) is 0 Å². The highest BCUT2D eigenvalue weighted by atomic mass is 16.6. The molecule has 0 rings (SSSR count). The van der Waals surface area contributed by atoms with Gasteiger partial charge in [0, 0.05) is 13.0 Å². The van der Waals surface area contributed by atoms with Crippen molar-refractivity contribution >= 4 is 12.1 Å². The molecule has 0 spiro atoms. The minimum Gasteiger partial charge on any atom is -0.458 e. The maximum absolute atomic E-state index is 12.2. The van der Waals surface area contributed by atoms with Crippen molar-refractivity contribution in [1.29, 1.82) is 0 Å². The van der Waals surface area contributed by atoms with E-state index in [4.69, 9.17) is 14.6 Å². The number of ether oxygens (including phenoxy) is 2. The summed E-state index contributed by atoms with van der Waals surface area (Å²) in [6.07, 6.45) is -0.680. The Kier molecular flexibility index (Phi) is 6.02. The number of hydrogen-bond donors (Lipinski definition) is 2. The molecular weight excluding hydrogens is 262 g/mol. The van der Waals surface area contributed by atoms with E-state index in [1.54, 1.807) is 41.5 Å². The van der Waals surface area contributed by atoms with Gasteiger partial charge >= 0.3 is 12.1 Å². The molecule has 0 aliphatic rings. The lowest BCUT2D eigenvalue weighted by Gasteiger charge is -2.32. The van der Waals surface area contributed by atoms with Gasteiger partial charge in [0.25, 0.3) is 0 Å². The summed E-state index contributed by atoms with van der Waals surface area (Å²) >= 11 is 0. The van der Waals surface area contributed by atoms with E-state index in [1.165, 1.54) is 6.92 Å². The second-order valence-corrected chi connectivity index (χ2v) is 6.93. The van der Waals surface area contributed by atoms with Gasteiger partial charge in [-0.1, -0.05) is 0 Å². The maximum Gasteiger partial charge on any atom is 0.408 e. The molecule has 6 heteroatoms. The first kappa shape index (κ1) is 18.7. The number of rotatable bonds is 4. The fourth-order valence-electron chi connectivity index (χ4n) is 1.36. The summed E-state index contributed by atoms with van der Waals surface area (Å²) in [6.45, 7) is 11.6. The van der Waals surface area contributed by atoms with Crippen LogP contribution >= 0.6 is 0 Å². The average Bonchev–Trinajstić information content (AvgIpc) is 2.10. The SMILES string of the molecule is CC(C)(C)OC(=O)N[C@](C)(CCO)C(=O)OC(C)(C)C. The van der Waals surface area contributed by atoms with Gasteiger partial charge < -0.3 is 19.9 Å². The fourth-order valence-corrected chi connectivity index (χ4v) is 1.36. The molecule has 0 saturated heterocycles. The Morgan fingerprint density at radius 3 is 1.75 bits per heavy atom. The molecular formula is C14H27NO5. The van der Waals surface area contributed by atoms with Gasteiger partial charge in [0.05, 0.1) is 0 Å². The molecule has 0 aromatic heterocycles. The molecule has 6 nitrogen and oxygen atoms in total. The summed E-state index contributed by atoms with van der Waals surface area (Å²) < 4.78 is 10.4. The number of nitrogens with one attached hydrogen (secondary N) is 1. The molecule has 0 unspecified atom stereocenters. The number of carbonyl (C=O) groups excluding carboxylic acids is 2. The van der Waals surface area contributed by atoms with Gasteiger partial charge in [0.2, 0.25) is 0 Å². The van der Waals surface area contributed by atoms with Crippen LogP contribution in [0.4, 0.5) is 4.79 Å². The Hall–Kier alpha value is -1.30. The smallest absolute Gasteiger partial charge is 0.408 e. The van der Waals surface area contributed by atoms with Crippen molar-refractivity contribution in [3.05, 3.63) is 0 Å². The fraction of sp³-hybridized carbons (Fsp3) is 0.857. The van der Waals surface area contributed by atoms with Crippen LogP contribution in [-0.4, -0.2) is 40.5 Å². The molecule has 0 radical (unpaired) electrons. The summed E-state index contributed by atoms with van der Waals surface area (Å²) in [4.78, 5) is 24.0. The monoisotopic (exact) mass is 289 g/mol. The molecule has 1 amide bonds. The maximum atomic E-state index is 12.2. The predicted octanol–water partition coefficient (Wildman–Crippen LogP) is 1.99. The van der Waals surface area contributed by atoms with E-state index in [1.807, 2.05) is 0 Å². The van der Waals surface area contributed by atoms with Crippen LogP contribution in [0.1, 0.15) is 54.9 Å². The van der Waals surface area contributed by atoms with Gasteiger partial charge in [-0.3, -0.25) is 0 Å². The molecule has 2 N–H and O–H groups in total. The molecule has 0 bridgehead atoms. The zero-order valence-electron chi connectivity index (χ0n) is 13.5. The van der Waals surface area contributed by atoms with E-state index in [0.29, 0.717) is 0 Å². The summed E-state index contributed by atoms with van der Waals surface area (Å²) in [5.41, 5.74) is -2.67. The lowest BCUT2D eigenvalue weighted by molar-refractivity contribution is -0.163. The van der Waals surface area contributed by atoms with Crippen LogP contribution in [0.5, 0.6) is 0 Å². The third-order valence-corrected chi connectivity index (χ3v) is 2.24. The highest BCUT2D eigenvalue weighted by Gasteiger charge is 2.39. The average molecular weight is 289 g/mol. The van der Waals surface area contributed by atoms with Crippen molar-refractivity contribution in [3.63, 3.8) is 0 Å². The van der Waals surface area contributed by atoms with E-state index in [0.717, 1.165) is 0 Å². The van der Waals surface area contributed by atoms with Gasteiger partial charge in [0.1, 0.15) is 16.7 Å². The predicted molar refractivity (Wildman–Crippen MR) is 75.3 cm³/mol. The van der Waals surface area contributed by atoms with Gasteiger partial charge in [-0.25, -0.2) is 9.59 Å². The third-order valence-electron chi connectivity index (χ3n) is 2.24. The standard InChI is InChI=1S/C14H27NO5/c1-12(2,3)19-10(17)14(7,8-9-16)15-11(18)20-13(4,5)6/h16H,8-9H2,1-7H3,(H,15,18)/t14-/m1/s1. The Balaban J connectivity index is 4.92. The molecule has 0 fully saturated rings. The van der Waals surface area contributed by atoms with Crippen LogP contribution in [0.15, 0.2) is 0 Å². The third kappa shape index (κ3) is 7.33. The Labute approximate surface area is 120 Å². The molecule has 0 aliphatic carbocycles. The van der Waals surface area contributed by atoms with Crippen molar-refractivity contribution in [2.45, 2.75) is 71.6 Å².